The Labute approximate surface area is 141 Å². The zero-order chi connectivity index (χ0) is 18.3. The molecular formula is C15H22N2O6S. The number of hydrogen-bond acceptors (Lipinski definition) is 6. The number of rotatable bonds is 8. The Kier molecular flexibility index (Phi) is 7.33. The summed E-state index contributed by atoms with van der Waals surface area (Å²) in [5.74, 6) is -1.20. The van der Waals surface area contributed by atoms with Crippen LogP contribution in [0.15, 0.2) is 29.2 Å². The van der Waals surface area contributed by atoms with E-state index in [1.807, 2.05) is 13.8 Å². The highest BCUT2D eigenvalue weighted by Gasteiger charge is 2.22. The Morgan fingerprint density at radius 1 is 1.33 bits per heavy atom. The number of esters is 1. The zero-order valence-corrected chi connectivity index (χ0v) is 14.9. The third-order valence-electron chi connectivity index (χ3n) is 3.32. The summed E-state index contributed by atoms with van der Waals surface area (Å²) in [6.07, 6.45) is 0.757. The Hall–Kier alpha value is -1.97. The van der Waals surface area contributed by atoms with E-state index in [-0.39, 0.29) is 16.5 Å². The van der Waals surface area contributed by atoms with Crippen LogP contribution in [0.1, 0.15) is 30.6 Å². The molecule has 1 N–H and O–H groups in total. The van der Waals surface area contributed by atoms with Gasteiger partial charge in [0, 0.05) is 13.1 Å². The Balaban J connectivity index is 2.80. The Bertz CT molecular complexity index is 689. The molecule has 0 aromatic heterocycles. The third kappa shape index (κ3) is 5.29. The molecule has 0 aliphatic heterocycles. The van der Waals surface area contributed by atoms with Crippen LogP contribution in [-0.4, -0.2) is 51.6 Å². The molecule has 1 aromatic rings. The summed E-state index contributed by atoms with van der Waals surface area (Å²) < 4.78 is 29.9. The summed E-state index contributed by atoms with van der Waals surface area (Å²) in [5, 5.41) is 2.66. The van der Waals surface area contributed by atoms with Gasteiger partial charge in [-0.3, -0.25) is 9.63 Å². The van der Waals surface area contributed by atoms with E-state index in [1.54, 1.807) is 0 Å². The molecule has 0 aliphatic rings. The van der Waals surface area contributed by atoms with Crippen LogP contribution in [0.25, 0.3) is 0 Å². The van der Waals surface area contributed by atoms with Crippen LogP contribution >= 0.6 is 0 Å². The van der Waals surface area contributed by atoms with E-state index in [1.165, 1.54) is 38.4 Å². The highest BCUT2D eigenvalue weighted by Crippen LogP contribution is 2.16. The number of hydrogen-bond donors (Lipinski definition) is 1. The van der Waals surface area contributed by atoms with Gasteiger partial charge in [0.2, 0.25) is 0 Å². The fraction of sp³-hybridized carbons (Fsp3) is 0.467. The predicted octanol–water partition coefficient (Wildman–Crippen LogP) is 0.940. The molecule has 134 valence electrons. The smallest absolute Gasteiger partial charge is 0.338 e. The largest absolute Gasteiger partial charge is 0.452 e. The number of carbonyl (C=O) groups is 2. The van der Waals surface area contributed by atoms with E-state index in [9.17, 15) is 18.0 Å². The number of carbonyl (C=O) groups excluding carboxylic acids is 2. The van der Waals surface area contributed by atoms with Crippen molar-refractivity contribution in [1.82, 2.24) is 9.79 Å². The third-order valence-corrected chi connectivity index (χ3v) is 4.99. The SMILES string of the molecule is CC[C@H](C)NC(=O)COC(=O)c1cccc(S(=O)(=O)N(C)OC)c1. The first kappa shape index (κ1) is 20.1. The van der Waals surface area contributed by atoms with Crippen molar-refractivity contribution in [3.8, 4) is 0 Å². The molecule has 1 aromatic carbocycles. The van der Waals surface area contributed by atoms with Gasteiger partial charge in [-0.1, -0.05) is 17.5 Å². The van der Waals surface area contributed by atoms with Gasteiger partial charge >= 0.3 is 5.97 Å². The lowest BCUT2D eigenvalue weighted by atomic mass is 10.2. The van der Waals surface area contributed by atoms with Crippen molar-refractivity contribution in [2.24, 2.45) is 0 Å². The monoisotopic (exact) mass is 358 g/mol. The second-order valence-corrected chi connectivity index (χ2v) is 7.01. The van der Waals surface area contributed by atoms with Gasteiger partial charge in [-0.25, -0.2) is 13.2 Å². The number of hydroxylamine groups is 1. The average molecular weight is 358 g/mol. The first-order chi connectivity index (χ1) is 11.2. The minimum Gasteiger partial charge on any atom is -0.452 e. The van der Waals surface area contributed by atoms with Crippen LogP contribution in [0.3, 0.4) is 0 Å². The number of nitrogens with one attached hydrogen (secondary N) is 1. The maximum atomic E-state index is 12.1. The van der Waals surface area contributed by atoms with Gasteiger partial charge in [0.1, 0.15) is 0 Å². The van der Waals surface area contributed by atoms with E-state index in [4.69, 9.17) is 4.74 Å². The normalized spacial score (nSPS) is 12.7. The molecule has 9 heteroatoms. The maximum Gasteiger partial charge on any atom is 0.338 e. The van der Waals surface area contributed by atoms with E-state index >= 15 is 0 Å². The molecule has 1 amide bonds. The van der Waals surface area contributed by atoms with E-state index in [0.29, 0.717) is 4.47 Å². The summed E-state index contributed by atoms with van der Waals surface area (Å²) in [6.45, 7) is 3.32. The van der Waals surface area contributed by atoms with Gasteiger partial charge in [0.25, 0.3) is 15.9 Å². The van der Waals surface area contributed by atoms with Crippen LogP contribution < -0.4 is 5.32 Å². The molecule has 0 saturated carbocycles. The molecule has 0 unspecified atom stereocenters. The first-order valence-electron chi connectivity index (χ1n) is 7.32. The van der Waals surface area contributed by atoms with Crippen LogP contribution in [0.4, 0.5) is 0 Å². The van der Waals surface area contributed by atoms with E-state index < -0.39 is 28.5 Å². The lowest BCUT2D eigenvalue weighted by molar-refractivity contribution is -0.124. The zero-order valence-electron chi connectivity index (χ0n) is 14.1. The molecule has 0 fully saturated rings. The minimum absolute atomic E-state index is 0.0192. The molecule has 1 atom stereocenters. The van der Waals surface area contributed by atoms with Gasteiger partial charge in [-0.2, -0.15) is 0 Å². The standard InChI is InChI=1S/C15H22N2O6S/c1-5-11(2)16-14(18)10-23-15(19)12-7-6-8-13(9-12)24(20,21)17(3)22-4/h6-9,11H,5,10H2,1-4H3,(H,16,18)/t11-/m0/s1. The van der Waals surface area contributed by atoms with Crippen molar-refractivity contribution >= 4 is 21.9 Å². The molecule has 0 bridgehead atoms. The molecule has 0 heterocycles. The quantitative estimate of drug-likeness (QED) is 0.548. The van der Waals surface area contributed by atoms with Crippen LogP contribution in [0, 0.1) is 0 Å². The van der Waals surface area contributed by atoms with Gasteiger partial charge in [-0.15, -0.1) is 0 Å². The number of ether oxygens (including phenoxy) is 1. The van der Waals surface area contributed by atoms with Crippen molar-refractivity contribution in [3.05, 3.63) is 29.8 Å². The summed E-state index contributed by atoms with van der Waals surface area (Å²) in [7, 11) is -1.42. The van der Waals surface area contributed by atoms with Gasteiger partial charge in [-0.05, 0) is 31.5 Å². The number of sulfonamides is 1. The lowest BCUT2D eigenvalue weighted by Crippen LogP contribution is -2.35. The maximum absolute atomic E-state index is 12.1. The van der Waals surface area contributed by atoms with Crippen LogP contribution in [0.5, 0.6) is 0 Å². The topological polar surface area (TPSA) is 102 Å². The van der Waals surface area contributed by atoms with Crippen molar-refractivity contribution in [2.45, 2.75) is 31.2 Å². The Morgan fingerprint density at radius 3 is 2.58 bits per heavy atom. The summed E-state index contributed by atoms with van der Waals surface area (Å²) in [5.41, 5.74) is 0.0249. The molecule has 8 nitrogen and oxygen atoms in total. The lowest BCUT2D eigenvalue weighted by Gasteiger charge is -2.14. The van der Waals surface area contributed by atoms with Crippen LogP contribution in [0.2, 0.25) is 0 Å². The van der Waals surface area contributed by atoms with Crippen LogP contribution in [-0.2, 0) is 24.4 Å². The van der Waals surface area contributed by atoms with Crippen molar-refractivity contribution in [2.75, 3.05) is 20.8 Å². The van der Waals surface area contributed by atoms with Crippen molar-refractivity contribution in [3.63, 3.8) is 0 Å². The summed E-state index contributed by atoms with van der Waals surface area (Å²) >= 11 is 0. The summed E-state index contributed by atoms with van der Waals surface area (Å²) in [6, 6.07) is 5.29. The molecule has 0 spiro atoms. The summed E-state index contributed by atoms with van der Waals surface area (Å²) in [4.78, 5) is 28.1. The van der Waals surface area contributed by atoms with Crippen molar-refractivity contribution < 1.29 is 27.6 Å². The predicted molar refractivity (Wildman–Crippen MR) is 86.6 cm³/mol. The molecule has 0 radical (unpaired) electrons. The fourth-order valence-corrected chi connectivity index (χ4v) is 2.68. The fourth-order valence-electron chi connectivity index (χ4n) is 1.66. The molecular weight excluding hydrogens is 336 g/mol. The second-order valence-electron chi connectivity index (χ2n) is 5.08. The molecule has 1 rings (SSSR count). The highest BCUT2D eigenvalue weighted by atomic mass is 32.2. The molecule has 0 saturated heterocycles. The van der Waals surface area contributed by atoms with Gasteiger partial charge in [0.05, 0.1) is 17.6 Å². The van der Waals surface area contributed by atoms with Gasteiger partial charge < -0.3 is 10.1 Å². The second kappa shape index (κ2) is 8.76. The van der Waals surface area contributed by atoms with E-state index in [0.717, 1.165) is 6.42 Å². The van der Waals surface area contributed by atoms with Crippen molar-refractivity contribution in [1.29, 1.82) is 0 Å². The molecule has 24 heavy (non-hydrogen) atoms. The number of nitrogens with zero attached hydrogens (tertiary/aromatic N) is 1. The number of amides is 1. The molecule has 0 aliphatic carbocycles. The highest BCUT2D eigenvalue weighted by molar-refractivity contribution is 7.89. The average Bonchev–Trinajstić information content (AvgIpc) is 2.58. The van der Waals surface area contributed by atoms with E-state index in [2.05, 4.69) is 10.2 Å². The van der Waals surface area contributed by atoms with Gasteiger partial charge in [0.15, 0.2) is 6.61 Å². The minimum atomic E-state index is -3.87. The number of benzene rings is 1. The first-order valence-corrected chi connectivity index (χ1v) is 8.76. The Morgan fingerprint density at radius 2 is 2.00 bits per heavy atom.